The van der Waals surface area contributed by atoms with Gasteiger partial charge >= 0.3 is 6.18 Å². The van der Waals surface area contributed by atoms with Crippen molar-refractivity contribution in [2.24, 2.45) is 0 Å². The fraction of sp³-hybridized carbons (Fsp3) is 0.267. The summed E-state index contributed by atoms with van der Waals surface area (Å²) in [6.45, 7) is 0. The van der Waals surface area contributed by atoms with E-state index in [-0.39, 0.29) is 33.1 Å². The Bertz CT molecular complexity index is 852. The fourth-order valence-electron chi connectivity index (χ4n) is 2.55. The van der Waals surface area contributed by atoms with Gasteiger partial charge in [0, 0.05) is 30.5 Å². The number of rotatable bonds is 2. The van der Waals surface area contributed by atoms with Crippen LogP contribution in [0.5, 0.6) is 0 Å². The number of benzene rings is 1. The zero-order valence-corrected chi connectivity index (χ0v) is 13.4. The molecule has 0 bridgehead atoms. The van der Waals surface area contributed by atoms with Gasteiger partial charge in [-0.1, -0.05) is 23.2 Å². The Morgan fingerprint density at radius 1 is 1.25 bits per heavy atom. The molecule has 0 atom stereocenters. The van der Waals surface area contributed by atoms with Crippen LogP contribution in [0, 0.1) is 11.3 Å². The molecule has 1 aliphatic rings. The summed E-state index contributed by atoms with van der Waals surface area (Å²) < 4.78 is 39.5. The van der Waals surface area contributed by atoms with Crippen LogP contribution in [-0.4, -0.2) is 15.6 Å². The maximum absolute atomic E-state index is 12.8. The zero-order valence-electron chi connectivity index (χ0n) is 11.9. The standard InChI is InChI=1S/C15H8Cl2F3N3O/c16-11-3-8(15(18,19)20)4-12(17)14(11)23-6-10(13(5-21)22-23)7-1-9(24)2-7/h3-4,6-7H,1-2H2. The largest absolute Gasteiger partial charge is 0.416 e. The molecule has 0 spiro atoms. The van der Waals surface area contributed by atoms with Gasteiger partial charge in [0.1, 0.15) is 17.5 Å². The van der Waals surface area contributed by atoms with Crippen LogP contribution < -0.4 is 0 Å². The number of nitrogens with zero attached hydrogens (tertiary/aromatic N) is 3. The number of aromatic nitrogens is 2. The van der Waals surface area contributed by atoms with Gasteiger partial charge in [-0.15, -0.1) is 0 Å². The summed E-state index contributed by atoms with van der Waals surface area (Å²) in [5, 5.41) is 12.7. The molecule has 9 heteroatoms. The van der Waals surface area contributed by atoms with Crippen molar-refractivity contribution in [3.8, 4) is 11.8 Å². The van der Waals surface area contributed by atoms with Crippen LogP contribution in [0.15, 0.2) is 18.3 Å². The first kappa shape index (κ1) is 16.8. The minimum absolute atomic E-state index is 0.0553. The molecule has 4 nitrogen and oxygen atoms in total. The van der Waals surface area contributed by atoms with Crippen molar-refractivity contribution < 1.29 is 18.0 Å². The minimum Gasteiger partial charge on any atom is -0.300 e. The number of carbonyl (C=O) groups excluding carboxylic acids is 1. The molecule has 1 aromatic carbocycles. The van der Waals surface area contributed by atoms with Gasteiger partial charge in [0.2, 0.25) is 0 Å². The molecule has 1 aliphatic carbocycles. The van der Waals surface area contributed by atoms with E-state index in [1.54, 1.807) is 0 Å². The van der Waals surface area contributed by atoms with E-state index in [0.717, 1.165) is 12.1 Å². The van der Waals surface area contributed by atoms with Crippen LogP contribution in [-0.2, 0) is 11.0 Å². The number of hydrogen-bond acceptors (Lipinski definition) is 3. The topological polar surface area (TPSA) is 58.7 Å². The molecular weight excluding hydrogens is 366 g/mol. The van der Waals surface area contributed by atoms with E-state index in [9.17, 15) is 23.2 Å². The lowest BCUT2D eigenvalue weighted by molar-refractivity contribution is -0.137. The summed E-state index contributed by atoms with van der Waals surface area (Å²) in [4.78, 5) is 11.1. The summed E-state index contributed by atoms with van der Waals surface area (Å²) in [6.07, 6.45) is -2.47. The third-order valence-electron chi connectivity index (χ3n) is 3.81. The van der Waals surface area contributed by atoms with Crippen LogP contribution in [0.3, 0.4) is 0 Å². The Labute approximate surface area is 144 Å². The highest BCUT2D eigenvalue weighted by molar-refractivity contribution is 6.37. The first-order valence-electron chi connectivity index (χ1n) is 6.78. The average Bonchev–Trinajstić information content (AvgIpc) is 2.85. The second-order valence-electron chi connectivity index (χ2n) is 5.42. The smallest absolute Gasteiger partial charge is 0.300 e. The van der Waals surface area contributed by atoms with Crippen molar-refractivity contribution in [2.75, 3.05) is 0 Å². The number of alkyl halides is 3. The molecule has 0 aliphatic heterocycles. The summed E-state index contributed by atoms with van der Waals surface area (Å²) in [6, 6.07) is 3.42. The predicted molar refractivity (Wildman–Crippen MR) is 80.3 cm³/mol. The van der Waals surface area contributed by atoms with Gasteiger partial charge in [-0.25, -0.2) is 4.68 Å². The van der Waals surface area contributed by atoms with E-state index >= 15 is 0 Å². The SMILES string of the molecule is N#Cc1nn(-c2c(Cl)cc(C(F)(F)F)cc2Cl)cc1C1CC(=O)C1. The molecule has 0 unspecified atom stereocenters. The van der Waals surface area contributed by atoms with Crippen molar-refractivity contribution in [3.05, 3.63) is 45.2 Å². The van der Waals surface area contributed by atoms with Crippen molar-refractivity contribution in [1.82, 2.24) is 9.78 Å². The lowest BCUT2D eigenvalue weighted by Crippen LogP contribution is -2.21. The highest BCUT2D eigenvalue weighted by atomic mass is 35.5. The van der Waals surface area contributed by atoms with Crippen LogP contribution >= 0.6 is 23.2 Å². The van der Waals surface area contributed by atoms with Gasteiger partial charge in [-0.2, -0.15) is 23.5 Å². The van der Waals surface area contributed by atoms with Crippen molar-refractivity contribution >= 4 is 29.0 Å². The minimum atomic E-state index is -4.58. The van der Waals surface area contributed by atoms with E-state index in [4.69, 9.17) is 23.2 Å². The lowest BCUT2D eigenvalue weighted by Gasteiger charge is -2.22. The Morgan fingerprint density at radius 2 is 1.83 bits per heavy atom. The fourth-order valence-corrected chi connectivity index (χ4v) is 3.21. The van der Waals surface area contributed by atoms with Crippen molar-refractivity contribution in [1.29, 1.82) is 5.26 Å². The highest BCUT2D eigenvalue weighted by Gasteiger charge is 2.34. The lowest BCUT2D eigenvalue weighted by atomic mass is 9.79. The number of nitriles is 1. The predicted octanol–water partition coefficient (Wildman–Crippen LogP) is 4.52. The second kappa shape index (κ2) is 5.80. The monoisotopic (exact) mass is 373 g/mol. The molecule has 1 aromatic heterocycles. The maximum atomic E-state index is 12.8. The van der Waals surface area contributed by atoms with Crippen LogP contribution in [0.4, 0.5) is 13.2 Å². The van der Waals surface area contributed by atoms with E-state index in [0.29, 0.717) is 18.4 Å². The summed E-state index contributed by atoms with van der Waals surface area (Å²) in [5.41, 5.74) is -0.262. The normalized spacial score (nSPS) is 15.2. The first-order chi connectivity index (χ1) is 11.2. The zero-order chi connectivity index (χ0) is 17.6. The van der Waals surface area contributed by atoms with E-state index < -0.39 is 11.7 Å². The number of halogens is 5. The molecule has 3 rings (SSSR count). The molecule has 124 valence electrons. The van der Waals surface area contributed by atoms with Crippen LogP contribution in [0.1, 0.15) is 35.6 Å². The van der Waals surface area contributed by atoms with E-state index in [2.05, 4.69) is 5.10 Å². The van der Waals surface area contributed by atoms with Crippen LogP contribution in [0.2, 0.25) is 10.0 Å². The molecule has 0 amide bonds. The molecule has 24 heavy (non-hydrogen) atoms. The molecule has 0 N–H and O–H groups in total. The molecule has 1 fully saturated rings. The molecule has 0 saturated heterocycles. The first-order valence-corrected chi connectivity index (χ1v) is 7.54. The quantitative estimate of drug-likeness (QED) is 0.777. The number of ketones is 1. The van der Waals surface area contributed by atoms with E-state index in [1.807, 2.05) is 6.07 Å². The molecule has 0 radical (unpaired) electrons. The summed E-state index contributed by atoms with van der Waals surface area (Å²) in [7, 11) is 0. The Morgan fingerprint density at radius 3 is 2.29 bits per heavy atom. The van der Waals surface area contributed by atoms with Gasteiger partial charge in [0.15, 0.2) is 5.69 Å². The third kappa shape index (κ3) is 2.87. The summed E-state index contributed by atoms with van der Waals surface area (Å²) in [5.74, 6) is -0.0323. The van der Waals surface area contributed by atoms with Gasteiger partial charge in [0.25, 0.3) is 0 Å². The molecule has 2 aromatic rings. The second-order valence-corrected chi connectivity index (χ2v) is 6.23. The molecule has 1 saturated carbocycles. The van der Waals surface area contributed by atoms with Gasteiger partial charge in [-0.05, 0) is 12.1 Å². The van der Waals surface area contributed by atoms with Gasteiger partial charge in [-0.3, -0.25) is 4.79 Å². The third-order valence-corrected chi connectivity index (χ3v) is 4.39. The number of hydrogen-bond donors (Lipinski definition) is 0. The number of carbonyl (C=O) groups is 1. The van der Waals surface area contributed by atoms with Crippen LogP contribution in [0.25, 0.3) is 5.69 Å². The highest BCUT2D eigenvalue weighted by Crippen LogP contribution is 2.39. The van der Waals surface area contributed by atoms with Gasteiger partial charge < -0.3 is 0 Å². The molecular formula is C15H8Cl2F3N3O. The Hall–Kier alpha value is -2.04. The number of Topliss-reactive ketones (excluding diaryl/α,β-unsaturated/α-hetero) is 1. The molecule has 1 heterocycles. The van der Waals surface area contributed by atoms with Crippen molar-refractivity contribution in [3.63, 3.8) is 0 Å². The summed E-state index contributed by atoms with van der Waals surface area (Å²) >= 11 is 11.9. The maximum Gasteiger partial charge on any atom is 0.416 e. The van der Waals surface area contributed by atoms with E-state index in [1.165, 1.54) is 10.9 Å². The Balaban J connectivity index is 2.07. The van der Waals surface area contributed by atoms with Gasteiger partial charge in [0.05, 0.1) is 15.6 Å². The average molecular weight is 374 g/mol. The Kier molecular flexibility index (Phi) is 4.06. The van der Waals surface area contributed by atoms with Crippen molar-refractivity contribution in [2.45, 2.75) is 24.9 Å².